The van der Waals surface area contributed by atoms with Crippen molar-refractivity contribution in [3.8, 4) is 0 Å². The van der Waals surface area contributed by atoms with Crippen LogP contribution < -0.4 is 0 Å². The van der Waals surface area contributed by atoms with Crippen LogP contribution in [0.2, 0.25) is 0 Å². The monoisotopic (exact) mass is 460 g/mol. The molecule has 0 aliphatic heterocycles. The molecule has 0 saturated carbocycles. The number of benzene rings is 2. The van der Waals surface area contributed by atoms with Crippen LogP contribution in [0.1, 0.15) is 88.1 Å². The number of aryl methyl sites for hydroxylation is 4. The minimum absolute atomic E-state index is 0.336. The third-order valence-electron chi connectivity index (χ3n) is 6.48. The minimum atomic E-state index is -2.79. The number of hydrogen-bond acceptors (Lipinski definition) is 1. The van der Waals surface area contributed by atoms with Crippen molar-refractivity contribution in [1.29, 1.82) is 0 Å². The Labute approximate surface area is 199 Å². The molecule has 32 heavy (non-hydrogen) atoms. The summed E-state index contributed by atoms with van der Waals surface area (Å²) in [4.78, 5) is 1.30. The zero-order chi connectivity index (χ0) is 24.2. The highest BCUT2D eigenvalue weighted by atomic mass is 32.2. The Morgan fingerprint density at radius 2 is 1.44 bits per heavy atom. The maximum atomic E-state index is 15.3. The topological polar surface area (TPSA) is 0 Å². The Kier molecular flexibility index (Phi) is 9.01. The molecule has 0 radical (unpaired) electrons. The second-order valence-corrected chi connectivity index (χ2v) is 12.0. The van der Waals surface area contributed by atoms with E-state index >= 15 is 8.78 Å². The summed E-state index contributed by atoms with van der Waals surface area (Å²) < 4.78 is 30.5. The van der Waals surface area contributed by atoms with Crippen molar-refractivity contribution in [2.45, 2.75) is 104 Å². The van der Waals surface area contributed by atoms with E-state index in [1.807, 2.05) is 44.7 Å². The minimum Gasteiger partial charge on any atom is -0.206 e. The second kappa shape index (κ2) is 10.7. The van der Waals surface area contributed by atoms with Crippen LogP contribution in [0.15, 0.2) is 41.3 Å². The van der Waals surface area contributed by atoms with Crippen molar-refractivity contribution in [1.82, 2.24) is 0 Å². The van der Waals surface area contributed by atoms with E-state index in [1.165, 1.54) is 16.9 Å². The zero-order valence-corrected chi connectivity index (χ0v) is 22.2. The van der Waals surface area contributed by atoms with E-state index in [2.05, 4.69) is 52.0 Å². The van der Waals surface area contributed by atoms with Gasteiger partial charge in [-0.05, 0) is 80.4 Å². The molecule has 178 valence electrons. The van der Waals surface area contributed by atoms with Crippen molar-refractivity contribution < 1.29 is 8.78 Å². The summed E-state index contributed by atoms with van der Waals surface area (Å²) >= 11 is 1.90. The van der Waals surface area contributed by atoms with Gasteiger partial charge in [0.1, 0.15) is 0 Å². The van der Waals surface area contributed by atoms with Crippen LogP contribution in [0.4, 0.5) is 8.78 Å². The van der Waals surface area contributed by atoms with E-state index in [9.17, 15) is 0 Å². The van der Waals surface area contributed by atoms with E-state index in [4.69, 9.17) is 0 Å². The molecule has 0 amide bonds. The van der Waals surface area contributed by atoms with E-state index in [0.717, 1.165) is 41.4 Å². The predicted octanol–water partition coefficient (Wildman–Crippen LogP) is 9.47. The van der Waals surface area contributed by atoms with Crippen molar-refractivity contribution in [3.63, 3.8) is 0 Å². The molecule has 1 atom stereocenters. The lowest BCUT2D eigenvalue weighted by Crippen LogP contribution is -2.44. The molecule has 2 aromatic rings. The molecule has 2 aromatic carbocycles. The molecule has 0 nitrogen and oxygen atoms in total. The van der Waals surface area contributed by atoms with Crippen LogP contribution in [-0.2, 0) is 11.8 Å². The van der Waals surface area contributed by atoms with E-state index in [1.54, 1.807) is 0 Å². The average molecular weight is 461 g/mol. The largest absolute Gasteiger partial charge is 0.254 e. The lowest BCUT2D eigenvalue weighted by atomic mass is 9.68. The van der Waals surface area contributed by atoms with E-state index < -0.39 is 11.3 Å². The molecule has 0 spiro atoms. The first-order valence-electron chi connectivity index (χ1n) is 12.0. The summed E-state index contributed by atoms with van der Waals surface area (Å²) in [7, 11) is 0. The van der Waals surface area contributed by atoms with E-state index in [0.29, 0.717) is 24.7 Å². The van der Waals surface area contributed by atoms with Crippen LogP contribution in [0.25, 0.3) is 0 Å². The summed E-state index contributed by atoms with van der Waals surface area (Å²) in [6.45, 7) is 16.1. The maximum Gasteiger partial charge on any atom is 0.254 e. The highest BCUT2D eigenvalue weighted by Crippen LogP contribution is 2.47. The lowest BCUT2D eigenvalue weighted by molar-refractivity contribution is -0.0704. The fraction of sp³-hybridized carbons (Fsp3) is 0.586. The van der Waals surface area contributed by atoms with Gasteiger partial charge >= 0.3 is 0 Å². The fourth-order valence-corrected chi connectivity index (χ4v) is 6.02. The molecule has 0 aliphatic carbocycles. The predicted molar refractivity (Wildman–Crippen MR) is 137 cm³/mol. The Morgan fingerprint density at radius 3 is 1.94 bits per heavy atom. The van der Waals surface area contributed by atoms with Gasteiger partial charge in [0, 0.05) is 11.8 Å². The quantitative estimate of drug-likeness (QED) is 0.318. The molecule has 0 bridgehead atoms. The molecule has 0 saturated heterocycles. The first-order chi connectivity index (χ1) is 14.8. The maximum absolute atomic E-state index is 15.3. The van der Waals surface area contributed by atoms with Gasteiger partial charge in [0.15, 0.2) is 0 Å². The van der Waals surface area contributed by atoms with Gasteiger partial charge in [-0.3, -0.25) is 0 Å². The van der Waals surface area contributed by atoms with Gasteiger partial charge in [0.2, 0.25) is 0 Å². The molecule has 0 N–H and O–H groups in total. The number of alkyl halides is 2. The van der Waals surface area contributed by atoms with Gasteiger partial charge in [-0.2, -0.15) is 0 Å². The van der Waals surface area contributed by atoms with Crippen LogP contribution in [0, 0.1) is 26.2 Å². The van der Waals surface area contributed by atoms with Gasteiger partial charge in [-0.15, -0.1) is 11.8 Å². The Bertz CT molecular complexity index is 869. The third kappa shape index (κ3) is 7.07. The molecular weight excluding hydrogens is 418 g/mol. The summed E-state index contributed by atoms with van der Waals surface area (Å²) in [5, 5.41) is 0. The summed E-state index contributed by atoms with van der Waals surface area (Å²) in [6.07, 6.45) is 3.49. The van der Waals surface area contributed by atoms with Crippen molar-refractivity contribution in [2.24, 2.45) is 5.41 Å². The van der Waals surface area contributed by atoms with E-state index in [-0.39, 0.29) is 0 Å². The third-order valence-corrected chi connectivity index (χ3v) is 7.66. The smallest absolute Gasteiger partial charge is 0.206 e. The van der Waals surface area contributed by atoms with Gasteiger partial charge in [0.05, 0.1) is 5.41 Å². The second-order valence-electron chi connectivity index (χ2n) is 10.9. The standard InChI is InChI=1S/C29H42F2S/c1-9-13-29(28(8,30)31,25-18-21(2)17-22(3)19-25)14-12-24-10-11-26(23(4)20-24)32-16-15-27(5,6)7/h10-11,17-20H,9,12-16H2,1-8H3. The Balaban J connectivity index is 2.27. The molecular formula is C29H42F2S. The molecule has 0 fully saturated rings. The van der Waals surface area contributed by atoms with Crippen molar-refractivity contribution in [3.05, 3.63) is 64.2 Å². The highest BCUT2D eigenvalue weighted by molar-refractivity contribution is 7.99. The fourth-order valence-electron chi connectivity index (χ4n) is 4.64. The summed E-state index contributed by atoms with van der Waals surface area (Å²) in [5.41, 5.74) is 4.48. The molecule has 2 rings (SSSR count). The molecule has 0 heterocycles. The normalized spacial score (nSPS) is 14.4. The van der Waals surface area contributed by atoms with Crippen LogP contribution in [0.3, 0.4) is 0 Å². The number of hydrogen-bond donors (Lipinski definition) is 0. The molecule has 0 aromatic heterocycles. The van der Waals surface area contributed by atoms with Gasteiger partial charge in [-0.1, -0.05) is 75.6 Å². The van der Waals surface area contributed by atoms with Crippen LogP contribution >= 0.6 is 11.8 Å². The van der Waals surface area contributed by atoms with Crippen LogP contribution in [0.5, 0.6) is 0 Å². The lowest BCUT2D eigenvalue weighted by Gasteiger charge is -2.40. The molecule has 0 aliphatic rings. The van der Waals surface area contributed by atoms with Gasteiger partial charge in [0.25, 0.3) is 5.92 Å². The Hall–Kier alpha value is -1.35. The molecule has 1 unspecified atom stereocenters. The van der Waals surface area contributed by atoms with Crippen LogP contribution in [-0.4, -0.2) is 11.7 Å². The number of thioether (sulfide) groups is 1. The van der Waals surface area contributed by atoms with Gasteiger partial charge < -0.3 is 0 Å². The zero-order valence-electron chi connectivity index (χ0n) is 21.4. The van der Waals surface area contributed by atoms with Gasteiger partial charge in [-0.25, -0.2) is 8.78 Å². The summed E-state index contributed by atoms with van der Waals surface area (Å²) in [5.74, 6) is -1.70. The average Bonchev–Trinajstić information content (AvgIpc) is 2.64. The van der Waals surface area contributed by atoms with Crippen molar-refractivity contribution >= 4 is 11.8 Å². The number of rotatable bonds is 10. The number of halogens is 2. The highest BCUT2D eigenvalue weighted by Gasteiger charge is 2.50. The SMILES string of the molecule is CCCC(CCc1ccc(SCCC(C)(C)C)c(C)c1)(c1cc(C)cc(C)c1)C(C)(F)F. The van der Waals surface area contributed by atoms with Crippen molar-refractivity contribution in [2.75, 3.05) is 5.75 Å². The first-order valence-corrected chi connectivity index (χ1v) is 12.9. The first kappa shape index (κ1) is 26.9. The Morgan fingerprint density at radius 1 is 0.812 bits per heavy atom. The summed E-state index contributed by atoms with van der Waals surface area (Å²) in [6, 6.07) is 12.5. The molecule has 3 heteroatoms.